The topological polar surface area (TPSA) is 82.8 Å². The standard InChI is InChI=1S/C25H24BrCl2N3O4/c1-14(25(33)34-2)35-22-19(27)10-15(11-20(22)28)13-29-31-23(16-6-4-3-5-7-16)30-21-9-8-17(26)12-18(21)24(31)32/h8-14,16H,3-7H2,1-2H3/t14-/m0/s1. The summed E-state index contributed by atoms with van der Waals surface area (Å²) in [5, 5.41) is 5.40. The molecule has 0 bridgehead atoms. The largest absolute Gasteiger partial charge is 0.476 e. The van der Waals surface area contributed by atoms with E-state index in [0.717, 1.165) is 30.2 Å². The number of aromatic nitrogens is 2. The zero-order valence-corrected chi connectivity index (χ0v) is 22.4. The third kappa shape index (κ3) is 5.71. The van der Waals surface area contributed by atoms with Gasteiger partial charge in [0.15, 0.2) is 11.9 Å². The summed E-state index contributed by atoms with van der Waals surface area (Å²) in [4.78, 5) is 29.9. The Balaban J connectivity index is 1.73. The van der Waals surface area contributed by atoms with Crippen molar-refractivity contribution in [3.05, 3.63) is 66.6 Å². The molecule has 0 amide bonds. The molecule has 1 aromatic heterocycles. The van der Waals surface area contributed by atoms with E-state index in [0.29, 0.717) is 22.3 Å². The molecule has 10 heteroatoms. The number of ether oxygens (including phenoxy) is 2. The Kier molecular flexibility index (Phi) is 8.14. The highest BCUT2D eigenvalue weighted by atomic mass is 79.9. The predicted octanol–water partition coefficient (Wildman–Crippen LogP) is 6.34. The van der Waals surface area contributed by atoms with E-state index in [4.69, 9.17) is 32.9 Å². The van der Waals surface area contributed by atoms with Crippen LogP contribution in [0.25, 0.3) is 10.9 Å². The molecule has 0 unspecified atom stereocenters. The Hall–Kier alpha value is -2.42. The average molecular weight is 581 g/mol. The predicted molar refractivity (Wildman–Crippen MR) is 141 cm³/mol. The van der Waals surface area contributed by atoms with E-state index >= 15 is 0 Å². The van der Waals surface area contributed by atoms with Crippen LogP contribution >= 0.6 is 39.1 Å². The van der Waals surface area contributed by atoms with Gasteiger partial charge in [-0.3, -0.25) is 4.79 Å². The van der Waals surface area contributed by atoms with Crippen molar-refractivity contribution in [2.24, 2.45) is 5.10 Å². The Morgan fingerprint density at radius 2 is 1.89 bits per heavy atom. The number of halogens is 3. The molecule has 0 saturated heterocycles. The van der Waals surface area contributed by atoms with Gasteiger partial charge in [-0.15, -0.1) is 0 Å². The summed E-state index contributed by atoms with van der Waals surface area (Å²) in [7, 11) is 1.27. The zero-order valence-electron chi connectivity index (χ0n) is 19.3. The lowest BCUT2D eigenvalue weighted by Gasteiger charge is -2.22. The average Bonchev–Trinajstić information content (AvgIpc) is 2.85. The van der Waals surface area contributed by atoms with Gasteiger partial charge in [0.05, 0.1) is 34.3 Å². The van der Waals surface area contributed by atoms with Crippen LogP contribution in [-0.4, -0.2) is 35.1 Å². The highest BCUT2D eigenvalue weighted by Crippen LogP contribution is 2.35. The number of rotatable bonds is 6. The van der Waals surface area contributed by atoms with Gasteiger partial charge in [-0.2, -0.15) is 9.78 Å². The zero-order chi connectivity index (χ0) is 25.1. The van der Waals surface area contributed by atoms with E-state index in [-0.39, 0.29) is 27.3 Å². The van der Waals surface area contributed by atoms with Gasteiger partial charge in [0.2, 0.25) is 0 Å². The fourth-order valence-electron chi connectivity index (χ4n) is 4.18. The molecular formula is C25H24BrCl2N3O4. The lowest BCUT2D eigenvalue weighted by Crippen LogP contribution is -2.25. The number of esters is 1. The Morgan fingerprint density at radius 1 is 1.20 bits per heavy atom. The number of methoxy groups -OCH3 is 1. The van der Waals surface area contributed by atoms with Gasteiger partial charge in [0, 0.05) is 10.4 Å². The lowest BCUT2D eigenvalue weighted by molar-refractivity contribution is -0.147. The van der Waals surface area contributed by atoms with Crippen LogP contribution in [0.15, 0.2) is 44.7 Å². The first-order chi connectivity index (χ1) is 16.8. The molecule has 1 atom stereocenters. The normalized spacial score (nSPS) is 15.5. The maximum atomic E-state index is 13.4. The van der Waals surface area contributed by atoms with Crippen molar-refractivity contribution in [2.45, 2.75) is 51.0 Å². The van der Waals surface area contributed by atoms with E-state index in [9.17, 15) is 9.59 Å². The summed E-state index contributed by atoms with van der Waals surface area (Å²) in [5.41, 5.74) is 0.976. The van der Waals surface area contributed by atoms with Crippen LogP contribution in [0.3, 0.4) is 0 Å². The van der Waals surface area contributed by atoms with E-state index in [2.05, 4.69) is 25.8 Å². The molecule has 7 nitrogen and oxygen atoms in total. The fourth-order valence-corrected chi connectivity index (χ4v) is 5.14. The second-order valence-corrected chi connectivity index (χ2v) is 10.2. The highest BCUT2D eigenvalue weighted by Gasteiger charge is 2.23. The molecule has 35 heavy (non-hydrogen) atoms. The number of carbonyl (C=O) groups is 1. The van der Waals surface area contributed by atoms with Gasteiger partial charge in [0.1, 0.15) is 5.82 Å². The minimum Gasteiger partial charge on any atom is -0.476 e. The second-order valence-electron chi connectivity index (χ2n) is 8.42. The van der Waals surface area contributed by atoms with Crippen LogP contribution in [0.4, 0.5) is 0 Å². The molecule has 1 heterocycles. The van der Waals surface area contributed by atoms with E-state index in [1.807, 2.05) is 12.1 Å². The molecule has 0 radical (unpaired) electrons. The highest BCUT2D eigenvalue weighted by molar-refractivity contribution is 9.10. The summed E-state index contributed by atoms with van der Waals surface area (Å²) in [6.45, 7) is 1.54. The van der Waals surface area contributed by atoms with Crippen molar-refractivity contribution in [1.29, 1.82) is 0 Å². The first kappa shape index (κ1) is 25.7. The van der Waals surface area contributed by atoms with Crippen LogP contribution in [-0.2, 0) is 9.53 Å². The summed E-state index contributed by atoms with van der Waals surface area (Å²) >= 11 is 16.2. The summed E-state index contributed by atoms with van der Waals surface area (Å²) in [5.74, 6) is 0.433. The van der Waals surface area contributed by atoms with Crippen LogP contribution in [0.2, 0.25) is 10.0 Å². The number of benzene rings is 2. The van der Waals surface area contributed by atoms with Gasteiger partial charge in [-0.1, -0.05) is 58.4 Å². The quantitative estimate of drug-likeness (QED) is 0.251. The van der Waals surface area contributed by atoms with Gasteiger partial charge < -0.3 is 9.47 Å². The molecule has 1 fully saturated rings. The maximum Gasteiger partial charge on any atom is 0.346 e. The van der Waals surface area contributed by atoms with Crippen LogP contribution < -0.4 is 10.3 Å². The third-order valence-corrected chi connectivity index (χ3v) is 7.03. The number of nitrogens with zero attached hydrogens (tertiary/aromatic N) is 3. The van der Waals surface area contributed by atoms with Crippen molar-refractivity contribution < 1.29 is 14.3 Å². The van der Waals surface area contributed by atoms with E-state index in [1.54, 1.807) is 18.2 Å². The molecule has 1 saturated carbocycles. The summed E-state index contributed by atoms with van der Waals surface area (Å²) < 4.78 is 12.4. The first-order valence-corrected chi connectivity index (χ1v) is 12.8. The van der Waals surface area contributed by atoms with Crippen LogP contribution in [0.5, 0.6) is 5.75 Å². The third-order valence-electron chi connectivity index (χ3n) is 5.97. The lowest BCUT2D eigenvalue weighted by atomic mass is 9.88. The van der Waals surface area contributed by atoms with Crippen molar-refractivity contribution in [1.82, 2.24) is 9.66 Å². The molecule has 0 N–H and O–H groups in total. The molecule has 0 aliphatic heterocycles. The summed E-state index contributed by atoms with van der Waals surface area (Å²) in [6.07, 6.45) is 5.94. The van der Waals surface area contributed by atoms with Crippen molar-refractivity contribution >= 4 is 62.2 Å². The number of carbonyl (C=O) groups excluding carboxylic acids is 1. The Morgan fingerprint density at radius 3 is 2.54 bits per heavy atom. The van der Waals surface area contributed by atoms with E-state index in [1.165, 1.54) is 31.3 Å². The minimum atomic E-state index is -0.880. The minimum absolute atomic E-state index is 0.157. The first-order valence-electron chi connectivity index (χ1n) is 11.3. The maximum absolute atomic E-state index is 13.4. The second kappa shape index (κ2) is 11.1. The molecule has 0 spiro atoms. The van der Waals surface area contributed by atoms with Crippen LogP contribution in [0, 0.1) is 0 Å². The van der Waals surface area contributed by atoms with Crippen LogP contribution in [0.1, 0.15) is 56.3 Å². The summed E-state index contributed by atoms with van der Waals surface area (Å²) in [6, 6.07) is 8.68. The molecule has 3 aromatic rings. The SMILES string of the molecule is COC(=O)[C@H](C)Oc1c(Cl)cc(C=Nn2c(C3CCCCC3)nc3ccc(Br)cc3c2=O)cc1Cl. The molecule has 184 valence electrons. The van der Waals surface area contributed by atoms with Crippen molar-refractivity contribution in [3.8, 4) is 5.75 Å². The number of fused-ring (bicyclic) bond motifs is 1. The van der Waals surface area contributed by atoms with Crippen molar-refractivity contribution in [2.75, 3.05) is 7.11 Å². The molecule has 1 aliphatic rings. The van der Waals surface area contributed by atoms with Gasteiger partial charge in [0.25, 0.3) is 5.56 Å². The Bertz CT molecular complexity index is 1330. The Labute approximate surface area is 221 Å². The smallest absolute Gasteiger partial charge is 0.346 e. The monoisotopic (exact) mass is 579 g/mol. The van der Waals surface area contributed by atoms with Crippen molar-refractivity contribution in [3.63, 3.8) is 0 Å². The molecular weight excluding hydrogens is 557 g/mol. The number of hydrogen-bond donors (Lipinski definition) is 0. The van der Waals surface area contributed by atoms with E-state index < -0.39 is 12.1 Å². The van der Waals surface area contributed by atoms with Gasteiger partial charge in [-0.25, -0.2) is 9.78 Å². The van der Waals surface area contributed by atoms with Gasteiger partial charge in [-0.05, 0) is 55.7 Å². The fraction of sp³-hybridized carbons (Fsp3) is 0.360. The van der Waals surface area contributed by atoms with Gasteiger partial charge >= 0.3 is 5.97 Å². The number of hydrogen-bond acceptors (Lipinski definition) is 6. The molecule has 4 rings (SSSR count). The molecule has 1 aliphatic carbocycles. The molecule has 2 aromatic carbocycles.